The summed E-state index contributed by atoms with van der Waals surface area (Å²) < 4.78 is 22.9. The molecule has 2 rings (SSSR count). The number of carbonyl (C=O) groups excluding carboxylic acids is 1. The molecule has 14 nitrogen and oxygen atoms in total. The van der Waals surface area contributed by atoms with Gasteiger partial charge in [-0.05, 0) is 57.8 Å². The van der Waals surface area contributed by atoms with E-state index in [-0.39, 0.29) is 18.9 Å². The zero-order valence-corrected chi connectivity index (χ0v) is 58.8. The maximum atomic E-state index is 13.3. The first-order valence-electron chi connectivity index (χ1n) is 38.5. The molecule has 2 aliphatic heterocycles. The van der Waals surface area contributed by atoms with E-state index >= 15 is 0 Å². The highest BCUT2D eigenvalue weighted by atomic mass is 16.7. The van der Waals surface area contributed by atoms with E-state index in [0.29, 0.717) is 6.42 Å². The number of allylic oxidation sites excluding steroid dienone is 9. The zero-order valence-electron chi connectivity index (χ0n) is 58.8. The predicted molar refractivity (Wildman–Crippen MR) is 378 cm³/mol. The fourth-order valence-corrected chi connectivity index (χ4v) is 12.6. The fraction of sp³-hybridized carbons (Fsp3) is 0.859. The summed E-state index contributed by atoms with van der Waals surface area (Å²) in [6.45, 7) is 2.73. The largest absolute Gasteiger partial charge is 0.394 e. The second-order valence-electron chi connectivity index (χ2n) is 27.1. The summed E-state index contributed by atoms with van der Waals surface area (Å²) in [6.07, 6.45) is 67.4. The lowest BCUT2D eigenvalue weighted by Crippen LogP contribution is -2.65. The lowest BCUT2D eigenvalue weighted by Gasteiger charge is -2.46. The molecule has 0 aromatic heterocycles. The molecular formula is C78H143NO13. The number of aliphatic hydroxyl groups is 8. The Balaban J connectivity index is 1.54. The van der Waals surface area contributed by atoms with E-state index in [1.165, 1.54) is 244 Å². The third kappa shape index (κ3) is 45.2. The zero-order chi connectivity index (χ0) is 66.6. The highest BCUT2D eigenvalue weighted by Crippen LogP contribution is 2.30. The van der Waals surface area contributed by atoms with Crippen molar-refractivity contribution in [2.75, 3.05) is 19.8 Å². The van der Waals surface area contributed by atoms with Crippen LogP contribution in [0, 0.1) is 0 Å². The van der Waals surface area contributed by atoms with E-state index in [9.17, 15) is 45.6 Å². The van der Waals surface area contributed by atoms with Gasteiger partial charge >= 0.3 is 0 Å². The van der Waals surface area contributed by atoms with Gasteiger partial charge in [-0.15, -0.1) is 0 Å². The number of nitrogens with one attached hydrogen (secondary N) is 1. The molecular weight excluding hydrogens is 1160 g/mol. The first-order chi connectivity index (χ1) is 45.1. The Morgan fingerprint density at radius 3 is 1.15 bits per heavy atom. The maximum Gasteiger partial charge on any atom is 0.220 e. The van der Waals surface area contributed by atoms with Crippen LogP contribution < -0.4 is 5.32 Å². The minimum atomic E-state index is -1.79. The second-order valence-corrected chi connectivity index (χ2v) is 27.1. The van der Waals surface area contributed by atoms with Crippen molar-refractivity contribution >= 4 is 5.91 Å². The van der Waals surface area contributed by atoms with Crippen LogP contribution in [0.25, 0.3) is 0 Å². The van der Waals surface area contributed by atoms with Gasteiger partial charge < -0.3 is 65.1 Å². The standard InChI is InChI=1S/C78H143NO13/c1-3-5-7-9-11-13-15-17-19-21-22-23-24-25-26-27-28-29-30-31-32-33-34-35-36-37-38-39-40-41-42-43-44-46-48-50-52-54-56-58-60-62-70(83)79-66(67(82)61-59-57-55-53-51-49-47-45-20-18-16-14-12-10-8-6-4-2)65-89-77-75(88)73(86)76(69(64-81)91-77)92-78-74(87)72(85)71(84)68(63-80)90-78/h5,7,11,13,17,19,22-23,59,61,66-69,71-78,80-82,84-88H,3-4,6,8-10,12,14-16,18,20-21,24-58,60,62-65H2,1-2H3,(H,79,83)/b7-5-,13-11-,19-17-,23-22-,61-59+. The summed E-state index contributed by atoms with van der Waals surface area (Å²) in [6, 6.07) is -0.914. The van der Waals surface area contributed by atoms with Crippen LogP contribution in [0.5, 0.6) is 0 Å². The highest BCUT2D eigenvalue weighted by molar-refractivity contribution is 5.76. The summed E-state index contributed by atoms with van der Waals surface area (Å²) in [5.74, 6) is -0.233. The van der Waals surface area contributed by atoms with Gasteiger partial charge in [0, 0.05) is 6.42 Å². The van der Waals surface area contributed by atoms with Crippen molar-refractivity contribution in [1.29, 1.82) is 0 Å². The van der Waals surface area contributed by atoms with Gasteiger partial charge in [-0.1, -0.05) is 331 Å². The molecule has 538 valence electrons. The molecule has 0 aromatic carbocycles. The Hall–Kier alpha value is -2.31. The lowest BCUT2D eigenvalue weighted by molar-refractivity contribution is -0.359. The predicted octanol–water partition coefficient (Wildman–Crippen LogP) is 16.8. The molecule has 9 N–H and O–H groups in total. The summed E-state index contributed by atoms with van der Waals surface area (Å²) >= 11 is 0. The molecule has 2 heterocycles. The van der Waals surface area contributed by atoms with Crippen molar-refractivity contribution < 1.29 is 64.6 Å². The quantitative estimate of drug-likeness (QED) is 0.0204. The van der Waals surface area contributed by atoms with Crippen molar-refractivity contribution in [3.63, 3.8) is 0 Å². The monoisotopic (exact) mass is 1300 g/mol. The van der Waals surface area contributed by atoms with E-state index in [2.05, 4.69) is 67.8 Å². The number of amides is 1. The minimum absolute atomic E-state index is 0.233. The highest BCUT2D eigenvalue weighted by Gasteiger charge is 2.51. The van der Waals surface area contributed by atoms with Crippen molar-refractivity contribution in [2.45, 2.75) is 408 Å². The molecule has 12 unspecified atom stereocenters. The molecule has 1 amide bonds. The van der Waals surface area contributed by atoms with E-state index < -0.39 is 86.8 Å². The van der Waals surface area contributed by atoms with Gasteiger partial charge in [0.2, 0.25) is 5.91 Å². The molecule has 0 aliphatic carbocycles. The number of ether oxygens (including phenoxy) is 4. The summed E-state index contributed by atoms with van der Waals surface area (Å²) in [5, 5.41) is 87.5. The van der Waals surface area contributed by atoms with Crippen LogP contribution in [0.1, 0.15) is 335 Å². The van der Waals surface area contributed by atoms with Crippen LogP contribution in [0.3, 0.4) is 0 Å². The molecule has 0 bridgehead atoms. The van der Waals surface area contributed by atoms with Crippen molar-refractivity contribution in [3.05, 3.63) is 60.8 Å². The van der Waals surface area contributed by atoms with Gasteiger partial charge in [0.1, 0.15) is 48.8 Å². The Morgan fingerprint density at radius 1 is 0.402 bits per heavy atom. The van der Waals surface area contributed by atoms with Crippen LogP contribution in [0.15, 0.2) is 60.8 Å². The van der Waals surface area contributed by atoms with Crippen LogP contribution in [-0.4, -0.2) is 140 Å². The van der Waals surface area contributed by atoms with Gasteiger partial charge in [-0.25, -0.2) is 0 Å². The average molecular weight is 1300 g/mol. The van der Waals surface area contributed by atoms with Gasteiger partial charge in [0.05, 0.1) is 32.0 Å². The summed E-state index contributed by atoms with van der Waals surface area (Å²) in [7, 11) is 0. The van der Waals surface area contributed by atoms with Crippen molar-refractivity contribution in [2.24, 2.45) is 0 Å². The van der Waals surface area contributed by atoms with Crippen LogP contribution in [-0.2, 0) is 23.7 Å². The Kier molecular flexibility index (Phi) is 58.0. The third-order valence-electron chi connectivity index (χ3n) is 18.7. The van der Waals surface area contributed by atoms with Crippen LogP contribution in [0.4, 0.5) is 0 Å². The van der Waals surface area contributed by atoms with Gasteiger partial charge in [0.15, 0.2) is 12.6 Å². The fourth-order valence-electron chi connectivity index (χ4n) is 12.6. The molecule has 12 atom stereocenters. The Bertz CT molecular complexity index is 1780. The molecule has 2 aliphatic rings. The van der Waals surface area contributed by atoms with Crippen LogP contribution in [0.2, 0.25) is 0 Å². The third-order valence-corrected chi connectivity index (χ3v) is 18.7. The number of hydrogen-bond donors (Lipinski definition) is 9. The average Bonchev–Trinajstić information content (AvgIpc) is 0.856. The Labute approximate surface area is 562 Å². The Morgan fingerprint density at radius 2 is 0.750 bits per heavy atom. The summed E-state index contributed by atoms with van der Waals surface area (Å²) in [4.78, 5) is 13.3. The molecule has 14 heteroatoms. The van der Waals surface area contributed by atoms with E-state index in [1.54, 1.807) is 6.08 Å². The van der Waals surface area contributed by atoms with Gasteiger partial charge in [-0.2, -0.15) is 0 Å². The summed E-state index contributed by atoms with van der Waals surface area (Å²) in [5.41, 5.74) is 0. The lowest BCUT2D eigenvalue weighted by atomic mass is 9.97. The number of rotatable bonds is 64. The first-order valence-corrected chi connectivity index (χ1v) is 38.5. The number of aliphatic hydroxyl groups excluding tert-OH is 8. The van der Waals surface area contributed by atoms with Gasteiger partial charge in [0.25, 0.3) is 0 Å². The first kappa shape index (κ1) is 85.8. The molecule has 0 radical (unpaired) electrons. The molecule has 0 saturated carbocycles. The second kappa shape index (κ2) is 62.2. The van der Waals surface area contributed by atoms with E-state index in [4.69, 9.17) is 18.9 Å². The normalized spacial score (nSPS) is 23.0. The topological polar surface area (TPSA) is 228 Å². The maximum absolute atomic E-state index is 13.3. The smallest absolute Gasteiger partial charge is 0.220 e. The number of unbranched alkanes of at least 4 members (excludes halogenated alkanes) is 43. The molecule has 92 heavy (non-hydrogen) atoms. The van der Waals surface area contributed by atoms with E-state index in [1.807, 2.05) is 6.08 Å². The molecule has 0 spiro atoms. The van der Waals surface area contributed by atoms with E-state index in [0.717, 1.165) is 64.2 Å². The minimum Gasteiger partial charge on any atom is -0.394 e. The SMILES string of the molecule is CC/C=C\C/C=C\C/C=C\C/C=C\CCCCCCCCCCCCCCCCCCCCCCCCCCCCCCC(=O)NC(COC1OC(CO)C(OC2OC(CO)C(O)C(O)C2O)C(O)C1O)C(O)/C=C/CCCCCCCCCCCCCCCCC. The van der Waals surface area contributed by atoms with Gasteiger partial charge in [-0.3, -0.25) is 4.79 Å². The number of hydrogen-bond acceptors (Lipinski definition) is 13. The molecule has 2 saturated heterocycles. The van der Waals surface area contributed by atoms with Crippen molar-refractivity contribution in [3.8, 4) is 0 Å². The molecule has 2 fully saturated rings. The van der Waals surface area contributed by atoms with Crippen LogP contribution >= 0.6 is 0 Å². The van der Waals surface area contributed by atoms with Crippen molar-refractivity contribution in [1.82, 2.24) is 5.32 Å². The number of carbonyl (C=O) groups is 1. The molecule has 0 aromatic rings.